The summed E-state index contributed by atoms with van der Waals surface area (Å²) in [4.78, 5) is 30.9. The van der Waals surface area contributed by atoms with Crippen LogP contribution in [0.5, 0.6) is 5.75 Å². The van der Waals surface area contributed by atoms with Gasteiger partial charge in [0, 0.05) is 17.5 Å². The van der Waals surface area contributed by atoms with Crippen molar-refractivity contribution in [1.29, 1.82) is 0 Å². The smallest absolute Gasteiger partial charge is 0.356 e. The molecule has 7 nitrogen and oxygen atoms in total. The van der Waals surface area contributed by atoms with E-state index in [-0.39, 0.29) is 22.7 Å². The van der Waals surface area contributed by atoms with Gasteiger partial charge < -0.3 is 15.2 Å². The minimum atomic E-state index is -1.18. The van der Waals surface area contributed by atoms with Crippen molar-refractivity contribution in [2.24, 2.45) is 0 Å². The number of para-hydroxylation sites is 1. The molecule has 0 aliphatic heterocycles. The molecule has 0 bridgehead atoms. The Balaban J connectivity index is 1.77. The number of amides is 1. The number of carboxylic acids is 1. The van der Waals surface area contributed by atoms with Gasteiger partial charge in [-0.3, -0.25) is 4.79 Å². The lowest BCUT2D eigenvalue weighted by molar-refractivity contribution is 0.0689. The number of carbonyl (C=O) groups is 2. The lowest BCUT2D eigenvalue weighted by Gasteiger charge is -2.31. The van der Waals surface area contributed by atoms with E-state index in [1.54, 1.807) is 7.11 Å². The van der Waals surface area contributed by atoms with Gasteiger partial charge in [0.25, 0.3) is 5.91 Å². The molecule has 1 aliphatic carbocycles. The van der Waals surface area contributed by atoms with E-state index >= 15 is 0 Å². The molecule has 1 saturated carbocycles. The summed E-state index contributed by atoms with van der Waals surface area (Å²) < 4.78 is 5.52. The molecule has 3 rings (SSSR count). The zero-order valence-electron chi connectivity index (χ0n) is 14.6. The van der Waals surface area contributed by atoms with Crippen LogP contribution in [0.3, 0.4) is 0 Å². The highest BCUT2D eigenvalue weighted by Gasteiger charge is 2.38. The van der Waals surface area contributed by atoms with Crippen LogP contribution in [-0.2, 0) is 5.41 Å². The highest BCUT2D eigenvalue weighted by atomic mass is 16.5. The largest absolute Gasteiger partial charge is 0.496 e. The molecule has 26 heavy (non-hydrogen) atoms. The summed E-state index contributed by atoms with van der Waals surface area (Å²) >= 11 is 0. The predicted octanol–water partition coefficient (Wildman–Crippen LogP) is 2.43. The van der Waals surface area contributed by atoms with E-state index in [9.17, 15) is 9.59 Å². The molecule has 1 fully saturated rings. The molecule has 0 spiro atoms. The standard InChI is InChI=1S/C19H21N3O4/c1-26-16-7-3-2-6-13(16)19(8-4-5-9-19)12-22-17(23)14-10-21-15(11-20-14)18(24)25/h2-3,6-7,10-11H,4-5,8-9,12H2,1H3,(H,22,23)(H,24,25). The quantitative estimate of drug-likeness (QED) is 0.825. The second kappa shape index (κ2) is 7.51. The molecule has 0 saturated heterocycles. The fourth-order valence-electron chi connectivity index (χ4n) is 3.57. The van der Waals surface area contributed by atoms with Crippen LogP contribution in [0.15, 0.2) is 36.7 Å². The van der Waals surface area contributed by atoms with Crippen LogP contribution < -0.4 is 10.1 Å². The van der Waals surface area contributed by atoms with Crippen LogP contribution in [0.1, 0.15) is 52.2 Å². The number of methoxy groups -OCH3 is 1. The van der Waals surface area contributed by atoms with Gasteiger partial charge in [-0.15, -0.1) is 0 Å². The van der Waals surface area contributed by atoms with E-state index in [1.807, 2.05) is 18.2 Å². The third-order valence-electron chi connectivity index (χ3n) is 4.93. The number of aromatic nitrogens is 2. The van der Waals surface area contributed by atoms with E-state index in [0.29, 0.717) is 6.54 Å². The minimum absolute atomic E-state index is 0.100. The van der Waals surface area contributed by atoms with Crippen LogP contribution in [0.2, 0.25) is 0 Å². The van der Waals surface area contributed by atoms with Crippen LogP contribution in [-0.4, -0.2) is 40.6 Å². The lowest BCUT2D eigenvalue weighted by Crippen LogP contribution is -2.39. The topological polar surface area (TPSA) is 101 Å². The molecule has 2 aromatic rings. The van der Waals surface area contributed by atoms with Gasteiger partial charge in [0.1, 0.15) is 11.4 Å². The third kappa shape index (κ3) is 3.51. The zero-order chi connectivity index (χ0) is 18.6. The van der Waals surface area contributed by atoms with Gasteiger partial charge in [-0.1, -0.05) is 31.0 Å². The molecule has 1 amide bonds. The number of hydrogen-bond donors (Lipinski definition) is 2. The molecule has 7 heteroatoms. The van der Waals surface area contributed by atoms with Crippen molar-refractivity contribution in [3.63, 3.8) is 0 Å². The molecule has 0 unspecified atom stereocenters. The Hall–Kier alpha value is -2.96. The second-order valence-electron chi connectivity index (χ2n) is 6.46. The average Bonchev–Trinajstić information content (AvgIpc) is 3.16. The Kier molecular flexibility index (Phi) is 5.16. The first-order valence-corrected chi connectivity index (χ1v) is 8.53. The second-order valence-corrected chi connectivity index (χ2v) is 6.46. The predicted molar refractivity (Wildman–Crippen MR) is 94.5 cm³/mol. The van der Waals surface area contributed by atoms with Crippen molar-refractivity contribution < 1.29 is 19.4 Å². The minimum Gasteiger partial charge on any atom is -0.496 e. The number of nitrogens with one attached hydrogen (secondary N) is 1. The summed E-state index contributed by atoms with van der Waals surface area (Å²) in [6, 6.07) is 7.91. The summed E-state index contributed by atoms with van der Waals surface area (Å²) in [5.41, 5.74) is 0.843. The first-order chi connectivity index (χ1) is 12.6. The average molecular weight is 355 g/mol. The van der Waals surface area contributed by atoms with Crippen molar-refractivity contribution in [3.8, 4) is 5.75 Å². The number of rotatable bonds is 6. The molecule has 1 heterocycles. The first kappa shape index (κ1) is 17.8. The molecule has 136 valence electrons. The fraction of sp³-hybridized carbons (Fsp3) is 0.368. The van der Waals surface area contributed by atoms with Gasteiger partial charge in [-0.05, 0) is 18.9 Å². The third-order valence-corrected chi connectivity index (χ3v) is 4.93. The van der Waals surface area contributed by atoms with Crippen molar-refractivity contribution in [2.45, 2.75) is 31.1 Å². The normalized spacial score (nSPS) is 15.4. The first-order valence-electron chi connectivity index (χ1n) is 8.53. The Morgan fingerprint density at radius 2 is 1.81 bits per heavy atom. The monoisotopic (exact) mass is 355 g/mol. The van der Waals surface area contributed by atoms with E-state index in [2.05, 4.69) is 21.4 Å². The van der Waals surface area contributed by atoms with Crippen molar-refractivity contribution in [1.82, 2.24) is 15.3 Å². The maximum absolute atomic E-state index is 12.4. The molecule has 1 aromatic carbocycles. The highest BCUT2D eigenvalue weighted by Crippen LogP contribution is 2.44. The van der Waals surface area contributed by atoms with Crippen LogP contribution in [0, 0.1) is 0 Å². The number of carbonyl (C=O) groups excluding carboxylic acids is 1. The number of aromatic carboxylic acids is 1. The zero-order valence-corrected chi connectivity index (χ0v) is 14.6. The number of ether oxygens (including phenoxy) is 1. The van der Waals surface area contributed by atoms with Crippen LogP contribution in [0.4, 0.5) is 0 Å². The molecule has 1 aromatic heterocycles. The van der Waals surface area contributed by atoms with Gasteiger partial charge in [-0.2, -0.15) is 0 Å². The Morgan fingerprint density at radius 3 is 2.42 bits per heavy atom. The van der Waals surface area contributed by atoms with Gasteiger partial charge in [0.05, 0.1) is 19.5 Å². The number of carboxylic acid groups (broad SMARTS) is 1. The molecule has 0 radical (unpaired) electrons. The van der Waals surface area contributed by atoms with E-state index < -0.39 is 5.97 Å². The van der Waals surface area contributed by atoms with Crippen molar-refractivity contribution >= 4 is 11.9 Å². The summed E-state index contributed by atoms with van der Waals surface area (Å²) in [6.45, 7) is 0.467. The number of benzene rings is 1. The van der Waals surface area contributed by atoms with Crippen LogP contribution >= 0.6 is 0 Å². The number of nitrogens with zero attached hydrogens (tertiary/aromatic N) is 2. The van der Waals surface area contributed by atoms with Gasteiger partial charge in [0.2, 0.25) is 0 Å². The number of hydrogen-bond acceptors (Lipinski definition) is 5. The molecular formula is C19H21N3O4. The Bertz CT molecular complexity index is 799. The highest BCUT2D eigenvalue weighted by molar-refractivity contribution is 5.92. The fourth-order valence-corrected chi connectivity index (χ4v) is 3.57. The molecule has 2 N–H and O–H groups in total. The molecule has 0 atom stereocenters. The van der Waals surface area contributed by atoms with E-state index in [0.717, 1.165) is 43.2 Å². The molecular weight excluding hydrogens is 334 g/mol. The van der Waals surface area contributed by atoms with E-state index in [4.69, 9.17) is 9.84 Å². The van der Waals surface area contributed by atoms with Crippen LogP contribution in [0.25, 0.3) is 0 Å². The van der Waals surface area contributed by atoms with Gasteiger partial charge in [0.15, 0.2) is 5.69 Å². The van der Waals surface area contributed by atoms with Gasteiger partial charge >= 0.3 is 5.97 Å². The SMILES string of the molecule is COc1ccccc1C1(CNC(=O)c2cnc(C(=O)O)cn2)CCCC1. The van der Waals surface area contributed by atoms with Crippen molar-refractivity contribution in [2.75, 3.05) is 13.7 Å². The summed E-state index contributed by atoms with van der Waals surface area (Å²) in [5, 5.41) is 11.8. The summed E-state index contributed by atoms with van der Waals surface area (Å²) in [6.07, 6.45) is 6.41. The Labute approximate surface area is 151 Å². The van der Waals surface area contributed by atoms with E-state index in [1.165, 1.54) is 6.20 Å². The summed E-state index contributed by atoms with van der Waals surface area (Å²) in [7, 11) is 1.65. The lowest BCUT2D eigenvalue weighted by atomic mass is 9.78. The molecule has 1 aliphatic rings. The maximum Gasteiger partial charge on any atom is 0.356 e. The summed E-state index contributed by atoms with van der Waals surface area (Å²) in [5.74, 6) is -0.713. The van der Waals surface area contributed by atoms with Gasteiger partial charge in [-0.25, -0.2) is 14.8 Å². The maximum atomic E-state index is 12.4. The van der Waals surface area contributed by atoms with Crippen molar-refractivity contribution in [3.05, 3.63) is 53.6 Å². The Morgan fingerprint density at radius 1 is 1.15 bits per heavy atom.